The van der Waals surface area contributed by atoms with Crippen molar-refractivity contribution in [3.63, 3.8) is 0 Å². The first-order valence-corrected chi connectivity index (χ1v) is 5.95. The van der Waals surface area contributed by atoms with Crippen molar-refractivity contribution in [1.29, 1.82) is 0 Å². The van der Waals surface area contributed by atoms with Gasteiger partial charge in [-0.3, -0.25) is 9.79 Å². The molecule has 0 aromatic carbocycles. The monoisotopic (exact) mass is 221 g/mol. The molecule has 1 aliphatic carbocycles. The first kappa shape index (κ1) is 11.2. The average Bonchev–Trinajstić information content (AvgIpc) is 2.94. The van der Waals surface area contributed by atoms with E-state index in [4.69, 9.17) is 0 Å². The van der Waals surface area contributed by atoms with Gasteiger partial charge in [-0.2, -0.15) is 0 Å². The molecule has 88 valence electrons. The lowest BCUT2D eigenvalue weighted by molar-refractivity contribution is -0.117. The van der Waals surface area contributed by atoms with Gasteiger partial charge in [-0.15, -0.1) is 0 Å². The Morgan fingerprint density at radius 1 is 1.56 bits per heavy atom. The first-order valence-electron chi connectivity index (χ1n) is 5.95. The van der Waals surface area contributed by atoms with Crippen LogP contribution >= 0.6 is 0 Å². The highest BCUT2D eigenvalue weighted by Crippen LogP contribution is 2.27. The Bertz CT molecular complexity index is 340. The third-order valence-corrected chi connectivity index (χ3v) is 2.71. The largest absolute Gasteiger partial charge is 0.368 e. The van der Waals surface area contributed by atoms with E-state index in [2.05, 4.69) is 29.5 Å². The van der Waals surface area contributed by atoms with Crippen LogP contribution in [0.2, 0.25) is 0 Å². The van der Waals surface area contributed by atoms with Gasteiger partial charge in [0.25, 0.3) is 0 Å². The fourth-order valence-electron chi connectivity index (χ4n) is 1.62. The minimum absolute atomic E-state index is 0.0382. The number of aliphatic imine (C=N–C) groups is 1. The molecule has 0 aromatic heterocycles. The Morgan fingerprint density at radius 3 is 2.94 bits per heavy atom. The summed E-state index contributed by atoms with van der Waals surface area (Å²) >= 11 is 0. The molecule has 0 unspecified atom stereocenters. The zero-order valence-corrected chi connectivity index (χ0v) is 9.92. The summed E-state index contributed by atoms with van der Waals surface area (Å²) in [7, 11) is 0. The van der Waals surface area contributed by atoms with E-state index in [0.29, 0.717) is 12.6 Å². The van der Waals surface area contributed by atoms with Gasteiger partial charge >= 0.3 is 0 Å². The number of hydrogen-bond donors (Lipinski definition) is 2. The summed E-state index contributed by atoms with van der Waals surface area (Å²) in [5.74, 6) is 1.59. The molecule has 0 atom stereocenters. The molecular weight excluding hydrogens is 202 g/mol. The second-order valence-electron chi connectivity index (χ2n) is 4.82. The van der Waals surface area contributed by atoms with Crippen molar-refractivity contribution in [3.05, 3.63) is 11.6 Å². The number of rotatable bonds is 4. The van der Waals surface area contributed by atoms with Crippen LogP contribution in [0.1, 0.15) is 26.7 Å². The molecule has 1 aliphatic heterocycles. The Balaban J connectivity index is 1.79. The number of carbonyl (C=O) groups excluding carboxylic acids is 1. The fourth-order valence-corrected chi connectivity index (χ4v) is 1.62. The van der Waals surface area contributed by atoms with Crippen molar-refractivity contribution in [1.82, 2.24) is 10.6 Å². The van der Waals surface area contributed by atoms with Crippen LogP contribution < -0.4 is 10.6 Å². The predicted molar refractivity (Wildman–Crippen MR) is 64.4 cm³/mol. The molecule has 4 heteroatoms. The van der Waals surface area contributed by atoms with Crippen molar-refractivity contribution >= 4 is 11.7 Å². The second kappa shape index (κ2) is 4.68. The van der Waals surface area contributed by atoms with Crippen LogP contribution in [0.25, 0.3) is 0 Å². The van der Waals surface area contributed by atoms with Crippen LogP contribution in [-0.4, -0.2) is 30.9 Å². The lowest BCUT2D eigenvalue weighted by atomic mass is 10.2. The van der Waals surface area contributed by atoms with Gasteiger partial charge in [0.15, 0.2) is 0 Å². The maximum atomic E-state index is 11.7. The quantitative estimate of drug-likeness (QED) is 0.739. The molecular formula is C12H19N3O. The van der Waals surface area contributed by atoms with Crippen molar-refractivity contribution in [2.24, 2.45) is 10.9 Å². The Hall–Kier alpha value is -1.32. The van der Waals surface area contributed by atoms with Gasteiger partial charge < -0.3 is 10.6 Å². The average molecular weight is 221 g/mol. The van der Waals surface area contributed by atoms with Crippen LogP contribution in [-0.2, 0) is 4.79 Å². The van der Waals surface area contributed by atoms with E-state index in [-0.39, 0.29) is 5.91 Å². The molecule has 0 saturated heterocycles. The van der Waals surface area contributed by atoms with Gasteiger partial charge in [0.05, 0.1) is 6.54 Å². The Morgan fingerprint density at radius 2 is 2.31 bits per heavy atom. The molecule has 2 N–H and O–H groups in total. The lowest BCUT2D eigenvalue weighted by Gasteiger charge is -2.06. The maximum Gasteiger partial charge on any atom is 0.249 e. The first-order chi connectivity index (χ1) is 7.65. The van der Waals surface area contributed by atoms with Crippen molar-refractivity contribution in [2.45, 2.75) is 32.7 Å². The molecule has 0 aromatic rings. The number of carbonyl (C=O) groups is 1. The van der Waals surface area contributed by atoms with Crippen LogP contribution in [0.3, 0.4) is 0 Å². The zero-order valence-electron chi connectivity index (χ0n) is 9.92. The summed E-state index contributed by atoms with van der Waals surface area (Å²) < 4.78 is 0. The number of amides is 1. The summed E-state index contributed by atoms with van der Waals surface area (Å²) in [4.78, 5) is 16.0. The van der Waals surface area contributed by atoms with Gasteiger partial charge in [-0.25, -0.2) is 0 Å². The summed E-state index contributed by atoms with van der Waals surface area (Å²) in [5, 5.41) is 6.15. The van der Waals surface area contributed by atoms with Gasteiger partial charge in [0, 0.05) is 18.2 Å². The lowest BCUT2D eigenvalue weighted by Crippen LogP contribution is -2.29. The van der Waals surface area contributed by atoms with Gasteiger partial charge in [0.1, 0.15) is 5.84 Å². The SMILES string of the molecule is CC(C)NC1=NCC(C(=O)NCC2CC2)=C1. The normalized spacial score (nSPS) is 19.4. The molecule has 1 fully saturated rings. The van der Waals surface area contributed by atoms with Crippen LogP contribution in [0.15, 0.2) is 16.6 Å². The predicted octanol–water partition coefficient (Wildman–Crippen LogP) is 0.849. The summed E-state index contributed by atoms with van der Waals surface area (Å²) in [6.45, 7) is 5.44. The van der Waals surface area contributed by atoms with Crippen molar-refractivity contribution in [3.8, 4) is 0 Å². The Labute approximate surface area is 96.2 Å². The number of hydrogen-bond acceptors (Lipinski definition) is 3. The molecule has 1 amide bonds. The fraction of sp³-hybridized carbons (Fsp3) is 0.667. The van der Waals surface area contributed by atoms with E-state index in [1.54, 1.807) is 0 Å². The molecule has 1 saturated carbocycles. The Kier molecular flexibility index (Phi) is 3.27. The molecule has 0 radical (unpaired) electrons. The molecule has 4 nitrogen and oxygen atoms in total. The standard InChI is InChI=1S/C12H19N3O/c1-8(2)15-11-5-10(7-13-11)12(16)14-6-9-3-4-9/h5,8-9H,3-4,6-7H2,1-2H3,(H,13,15)(H,14,16). The summed E-state index contributed by atoms with van der Waals surface area (Å²) in [5.41, 5.74) is 0.767. The zero-order chi connectivity index (χ0) is 11.5. The molecule has 2 rings (SSSR count). The van der Waals surface area contributed by atoms with E-state index in [1.165, 1.54) is 12.8 Å². The third kappa shape index (κ3) is 3.08. The van der Waals surface area contributed by atoms with Gasteiger partial charge in [0.2, 0.25) is 5.91 Å². The highest BCUT2D eigenvalue weighted by atomic mass is 16.1. The van der Waals surface area contributed by atoms with E-state index in [0.717, 1.165) is 23.9 Å². The van der Waals surface area contributed by atoms with Gasteiger partial charge in [-0.05, 0) is 38.7 Å². The van der Waals surface area contributed by atoms with Crippen LogP contribution in [0.5, 0.6) is 0 Å². The van der Waals surface area contributed by atoms with E-state index < -0.39 is 0 Å². The molecule has 16 heavy (non-hydrogen) atoms. The minimum Gasteiger partial charge on any atom is -0.368 e. The number of nitrogens with zero attached hydrogens (tertiary/aromatic N) is 1. The van der Waals surface area contributed by atoms with E-state index >= 15 is 0 Å². The second-order valence-corrected chi connectivity index (χ2v) is 4.82. The molecule has 0 spiro atoms. The van der Waals surface area contributed by atoms with Crippen LogP contribution in [0, 0.1) is 5.92 Å². The van der Waals surface area contributed by atoms with Crippen LogP contribution in [0.4, 0.5) is 0 Å². The number of nitrogens with one attached hydrogen (secondary N) is 2. The highest BCUT2D eigenvalue weighted by Gasteiger charge is 2.23. The summed E-state index contributed by atoms with van der Waals surface area (Å²) in [6.07, 6.45) is 4.37. The highest BCUT2D eigenvalue weighted by molar-refractivity contribution is 6.06. The molecule has 1 heterocycles. The summed E-state index contributed by atoms with van der Waals surface area (Å²) in [6, 6.07) is 0.351. The van der Waals surface area contributed by atoms with Crippen molar-refractivity contribution < 1.29 is 4.79 Å². The van der Waals surface area contributed by atoms with Gasteiger partial charge in [-0.1, -0.05) is 0 Å². The molecule has 2 aliphatic rings. The van der Waals surface area contributed by atoms with Crippen molar-refractivity contribution in [2.75, 3.05) is 13.1 Å². The smallest absolute Gasteiger partial charge is 0.249 e. The number of amidine groups is 1. The molecule has 0 bridgehead atoms. The maximum absolute atomic E-state index is 11.7. The third-order valence-electron chi connectivity index (χ3n) is 2.71. The topological polar surface area (TPSA) is 53.5 Å². The van der Waals surface area contributed by atoms with E-state index in [1.807, 2.05) is 6.08 Å². The minimum atomic E-state index is 0.0382. The van der Waals surface area contributed by atoms with E-state index in [9.17, 15) is 4.79 Å².